The molecule has 0 aromatic carbocycles. The smallest absolute Gasteiger partial charge is 0.269 e. The molecule has 1 atom stereocenters. The van der Waals surface area contributed by atoms with Crippen molar-refractivity contribution in [3.8, 4) is 0 Å². The summed E-state index contributed by atoms with van der Waals surface area (Å²) in [6.45, 7) is 4.63. The summed E-state index contributed by atoms with van der Waals surface area (Å²) in [5, 5.41) is -0.880. The van der Waals surface area contributed by atoms with E-state index in [2.05, 4.69) is 0 Å². The Morgan fingerprint density at radius 2 is 1.85 bits per heavy atom. The van der Waals surface area contributed by atoms with E-state index in [1.807, 2.05) is 6.92 Å². The fraction of sp³-hybridized carbons (Fsp3) is 1.00. The van der Waals surface area contributed by atoms with E-state index in [1.54, 1.807) is 0 Å². The molecule has 0 radical (unpaired) electrons. The predicted octanol–water partition coefficient (Wildman–Crippen LogP) is 0.316. The molecule has 0 aromatic heterocycles. The molecule has 0 spiro atoms. The summed E-state index contributed by atoms with van der Waals surface area (Å²) >= 11 is 0. The molecule has 0 saturated heterocycles. The van der Waals surface area contributed by atoms with Crippen molar-refractivity contribution in [1.29, 1.82) is 0 Å². The summed E-state index contributed by atoms with van der Waals surface area (Å²) in [7, 11) is -3.96. The van der Waals surface area contributed by atoms with Crippen molar-refractivity contribution in [2.45, 2.75) is 19.1 Å². The number of rotatable bonds is 7. The van der Waals surface area contributed by atoms with Gasteiger partial charge in [-0.3, -0.25) is 4.55 Å². The van der Waals surface area contributed by atoms with Crippen LogP contribution in [0.4, 0.5) is 0 Å². The molecular weight excluding hydrogens is 196 g/mol. The molecule has 0 rings (SSSR count). The lowest BCUT2D eigenvalue weighted by molar-refractivity contribution is 0.0533. The zero-order chi connectivity index (χ0) is 10.3. The van der Waals surface area contributed by atoms with E-state index in [4.69, 9.17) is 14.0 Å². The van der Waals surface area contributed by atoms with Gasteiger partial charge in [0.25, 0.3) is 10.1 Å². The van der Waals surface area contributed by atoms with Crippen LogP contribution in [0.25, 0.3) is 0 Å². The molecular formula is C7H16O5S. The van der Waals surface area contributed by atoms with Crippen LogP contribution in [-0.4, -0.2) is 44.6 Å². The van der Waals surface area contributed by atoms with Crippen LogP contribution in [0, 0.1) is 0 Å². The molecule has 1 unspecified atom stereocenters. The molecule has 0 aliphatic heterocycles. The minimum Gasteiger partial charge on any atom is -0.379 e. The SMILES string of the molecule is CCOCCOCC(C)S(=O)(=O)O. The van der Waals surface area contributed by atoms with Crippen LogP contribution in [0.1, 0.15) is 13.8 Å². The molecule has 0 fully saturated rings. The van der Waals surface area contributed by atoms with Gasteiger partial charge in [-0.05, 0) is 13.8 Å². The van der Waals surface area contributed by atoms with Crippen LogP contribution < -0.4 is 0 Å². The molecule has 0 aliphatic rings. The third kappa shape index (κ3) is 6.94. The van der Waals surface area contributed by atoms with E-state index >= 15 is 0 Å². The zero-order valence-corrected chi connectivity index (χ0v) is 8.71. The summed E-state index contributed by atoms with van der Waals surface area (Å²) in [6, 6.07) is 0. The molecule has 13 heavy (non-hydrogen) atoms. The fourth-order valence-corrected chi connectivity index (χ4v) is 0.866. The summed E-state index contributed by atoms with van der Waals surface area (Å²) in [5.41, 5.74) is 0. The van der Waals surface area contributed by atoms with Crippen LogP contribution >= 0.6 is 0 Å². The summed E-state index contributed by atoms with van der Waals surface area (Å²) < 4.78 is 39.5. The van der Waals surface area contributed by atoms with E-state index in [1.165, 1.54) is 6.92 Å². The quantitative estimate of drug-likeness (QED) is 0.486. The van der Waals surface area contributed by atoms with Crippen LogP contribution in [0.5, 0.6) is 0 Å². The molecule has 80 valence electrons. The molecule has 0 amide bonds. The van der Waals surface area contributed by atoms with Crippen molar-refractivity contribution in [2.75, 3.05) is 26.4 Å². The third-order valence-corrected chi connectivity index (χ3v) is 2.59. The van der Waals surface area contributed by atoms with Gasteiger partial charge in [0.15, 0.2) is 0 Å². The molecule has 0 bridgehead atoms. The van der Waals surface area contributed by atoms with Crippen molar-refractivity contribution >= 4 is 10.1 Å². The highest BCUT2D eigenvalue weighted by atomic mass is 32.2. The lowest BCUT2D eigenvalue weighted by Gasteiger charge is -2.08. The molecule has 0 heterocycles. The van der Waals surface area contributed by atoms with Crippen molar-refractivity contribution in [3.63, 3.8) is 0 Å². The number of ether oxygens (including phenoxy) is 2. The van der Waals surface area contributed by atoms with Crippen LogP contribution in [0.2, 0.25) is 0 Å². The Labute approximate surface area is 78.8 Å². The second-order valence-corrected chi connectivity index (χ2v) is 4.43. The highest BCUT2D eigenvalue weighted by molar-refractivity contribution is 7.86. The molecule has 6 heteroatoms. The van der Waals surface area contributed by atoms with Crippen molar-refractivity contribution in [2.24, 2.45) is 0 Å². The van der Waals surface area contributed by atoms with E-state index in [-0.39, 0.29) is 6.61 Å². The van der Waals surface area contributed by atoms with Gasteiger partial charge >= 0.3 is 0 Å². The van der Waals surface area contributed by atoms with Gasteiger partial charge in [0.2, 0.25) is 0 Å². The van der Waals surface area contributed by atoms with E-state index in [0.717, 1.165) is 0 Å². The monoisotopic (exact) mass is 212 g/mol. The summed E-state index contributed by atoms with van der Waals surface area (Å²) in [4.78, 5) is 0. The minimum atomic E-state index is -3.96. The highest BCUT2D eigenvalue weighted by Gasteiger charge is 2.16. The minimum absolute atomic E-state index is 0.00803. The van der Waals surface area contributed by atoms with Gasteiger partial charge in [0.1, 0.15) is 5.25 Å². The third-order valence-electron chi connectivity index (χ3n) is 1.44. The van der Waals surface area contributed by atoms with Gasteiger partial charge in [0.05, 0.1) is 19.8 Å². The maximum atomic E-state index is 10.5. The first-order valence-electron chi connectivity index (χ1n) is 4.10. The van der Waals surface area contributed by atoms with Gasteiger partial charge in [-0.25, -0.2) is 0 Å². The molecule has 0 saturated carbocycles. The highest BCUT2D eigenvalue weighted by Crippen LogP contribution is 1.97. The van der Waals surface area contributed by atoms with Gasteiger partial charge < -0.3 is 9.47 Å². The van der Waals surface area contributed by atoms with E-state index in [9.17, 15) is 8.42 Å². The largest absolute Gasteiger partial charge is 0.379 e. The van der Waals surface area contributed by atoms with Crippen LogP contribution in [0.3, 0.4) is 0 Å². The standard InChI is InChI=1S/C7H16O5S/c1-3-11-4-5-12-6-7(2)13(8,9)10/h7H,3-6H2,1-2H3,(H,8,9,10). The second-order valence-electron chi connectivity index (χ2n) is 2.60. The molecule has 1 N–H and O–H groups in total. The number of hydrogen-bond donors (Lipinski definition) is 1. The summed E-state index contributed by atoms with van der Waals surface area (Å²) in [6.07, 6.45) is 0. The van der Waals surface area contributed by atoms with Gasteiger partial charge in [-0.1, -0.05) is 0 Å². The van der Waals surface area contributed by atoms with Crippen LogP contribution in [0.15, 0.2) is 0 Å². The Hall–Kier alpha value is -0.170. The lowest BCUT2D eigenvalue weighted by Crippen LogP contribution is -2.23. The normalized spacial score (nSPS) is 14.4. The Morgan fingerprint density at radius 1 is 1.31 bits per heavy atom. The lowest BCUT2D eigenvalue weighted by atomic mass is 10.5. The van der Waals surface area contributed by atoms with Crippen molar-refractivity contribution in [3.05, 3.63) is 0 Å². The van der Waals surface area contributed by atoms with Crippen LogP contribution in [-0.2, 0) is 19.6 Å². The average Bonchev–Trinajstić information content (AvgIpc) is 2.02. The topological polar surface area (TPSA) is 72.8 Å². The second kappa shape index (κ2) is 6.31. The Morgan fingerprint density at radius 3 is 2.31 bits per heavy atom. The van der Waals surface area contributed by atoms with E-state index < -0.39 is 15.4 Å². The maximum absolute atomic E-state index is 10.5. The first-order valence-corrected chi connectivity index (χ1v) is 5.60. The van der Waals surface area contributed by atoms with Gasteiger partial charge in [-0.2, -0.15) is 8.42 Å². The first kappa shape index (κ1) is 12.8. The average molecular weight is 212 g/mol. The van der Waals surface area contributed by atoms with Crippen molar-refractivity contribution in [1.82, 2.24) is 0 Å². The van der Waals surface area contributed by atoms with Crippen molar-refractivity contribution < 1.29 is 22.4 Å². The predicted molar refractivity (Wildman–Crippen MR) is 48.3 cm³/mol. The molecule has 5 nitrogen and oxygen atoms in total. The van der Waals surface area contributed by atoms with Gasteiger partial charge in [0, 0.05) is 6.61 Å². The fourth-order valence-electron chi connectivity index (χ4n) is 0.597. The van der Waals surface area contributed by atoms with E-state index in [0.29, 0.717) is 19.8 Å². The Balaban J connectivity index is 3.44. The first-order chi connectivity index (χ1) is 5.98. The molecule has 0 aliphatic carbocycles. The molecule has 0 aromatic rings. The Bertz CT molecular complexity index is 211. The zero-order valence-electron chi connectivity index (χ0n) is 7.89. The summed E-state index contributed by atoms with van der Waals surface area (Å²) in [5.74, 6) is 0. The Kier molecular flexibility index (Phi) is 6.23. The van der Waals surface area contributed by atoms with Gasteiger partial charge in [-0.15, -0.1) is 0 Å². The number of hydrogen-bond acceptors (Lipinski definition) is 4. The maximum Gasteiger partial charge on any atom is 0.269 e.